The fourth-order valence-corrected chi connectivity index (χ4v) is 3.61. The average molecular weight is 359 g/mol. The number of H-pyrrole nitrogens is 1. The SMILES string of the molecule is O=C(Cn1nc2ccccc2n1)N1CCc2[nH]cnc2C1c1cccnc1. The second kappa shape index (κ2) is 6.31. The predicted octanol–water partition coefficient (Wildman–Crippen LogP) is 1.72. The van der Waals surface area contributed by atoms with E-state index in [2.05, 4.69) is 25.1 Å². The van der Waals surface area contributed by atoms with E-state index < -0.39 is 0 Å². The summed E-state index contributed by atoms with van der Waals surface area (Å²) < 4.78 is 0. The summed E-state index contributed by atoms with van der Waals surface area (Å²) in [5.41, 5.74) is 4.44. The van der Waals surface area contributed by atoms with Gasteiger partial charge in [-0.05, 0) is 23.8 Å². The highest BCUT2D eigenvalue weighted by Gasteiger charge is 2.34. The molecule has 5 rings (SSSR count). The third-order valence-electron chi connectivity index (χ3n) is 4.85. The normalized spacial score (nSPS) is 16.4. The molecular weight excluding hydrogens is 342 g/mol. The number of rotatable bonds is 3. The summed E-state index contributed by atoms with van der Waals surface area (Å²) in [7, 11) is 0. The Hall–Kier alpha value is -3.55. The maximum Gasteiger partial charge on any atom is 0.247 e. The van der Waals surface area contributed by atoms with Gasteiger partial charge in [-0.25, -0.2) is 4.98 Å². The Morgan fingerprint density at radius 1 is 1.15 bits per heavy atom. The van der Waals surface area contributed by atoms with Crippen LogP contribution in [0.3, 0.4) is 0 Å². The zero-order valence-corrected chi connectivity index (χ0v) is 14.5. The largest absolute Gasteiger partial charge is 0.348 e. The fourth-order valence-electron chi connectivity index (χ4n) is 3.61. The topological polar surface area (TPSA) is 92.6 Å². The first-order valence-corrected chi connectivity index (χ1v) is 8.81. The summed E-state index contributed by atoms with van der Waals surface area (Å²) in [6.45, 7) is 0.694. The van der Waals surface area contributed by atoms with Crippen LogP contribution in [0.5, 0.6) is 0 Å². The van der Waals surface area contributed by atoms with Crippen LogP contribution in [0.15, 0.2) is 55.1 Å². The molecule has 0 bridgehead atoms. The number of hydrogen-bond donors (Lipinski definition) is 1. The number of nitrogens with zero attached hydrogens (tertiary/aromatic N) is 6. The highest BCUT2D eigenvalue weighted by molar-refractivity contribution is 5.78. The quantitative estimate of drug-likeness (QED) is 0.601. The van der Waals surface area contributed by atoms with Gasteiger partial charge >= 0.3 is 0 Å². The highest BCUT2D eigenvalue weighted by atomic mass is 16.2. The van der Waals surface area contributed by atoms with Crippen molar-refractivity contribution in [2.75, 3.05) is 6.54 Å². The lowest BCUT2D eigenvalue weighted by atomic mass is 9.97. The van der Waals surface area contributed by atoms with E-state index in [1.165, 1.54) is 4.80 Å². The van der Waals surface area contributed by atoms with Crippen LogP contribution in [0.2, 0.25) is 0 Å². The van der Waals surface area contributed by atoms with Crippen molar-refractivity contribution in [3.05, 3.63) is 72.1 Å². The number of hydrogen-bond acceptors (Lipinski definition) is 5. The second-order valence-corrected chi connectivity index (χ2v) is 6.51. The minimum Gasteiger partial charge on any atom is -0.348 e. The van der Waals surface area contributed by atoms with E-state index >= 15 is 0 Å². The number of pyridine rings is 1. The summed E-state index contributed by atoms with van der Waals surface area (Å²) >= 11 is 0. The number of imidazole rings is 1. The summed E-state index contributed by atoms with van der Waals surface area (Å²) in [4.78, 5) is 28.3. The Morgan fingerprint density at radius 2 is 1.96 bits per heavy atom. The van der Waals surface area contributed by atoms with E-state index in [0.29, 0.717) is 6.54 Å². The Balaban J connectivity index is 1.48. The zero-order chi connectivity index (χ0) is 18.2. The predicted molar refractivity (Wildman–Crippen MR) is 97.6 cm³/mol. The molecule has 27 heavy (non-hydrogen) atoms. The van der Waals surface area contributed by atoms with Gasteiger partial charge in [0.25, 0.3) is 0 Å². The third-order valence-corrected chi connectivity index (χ3v) is 4.85. The van der Waals surface area contributed by atoms with Gasteiger partial charge in [-0.1, -0.05) is 18.2 Å². The molecule has 1 aliphatic rings. The van der Waals surface area contributed by atoms with Crippen LogP contribution in [0.4, 0.5) is 0 Å². The molecule has 134 valence electrons. The number of carbonyl (C=O) groups excluding carboxylic acids is 1. The lowest BCUT2D eigenvalue weighted by molar-refractivity contribution is -0.134. The van der Waals surface area contributed by atoms with Crippen molar-refractivity contribution in [1.29, 1.82) is 0 Å². The average Bonchev–Trinajstić information content (AvgIpc) is 3.33. The number of amides is 1. The molecule has 1 aromatic carbocycles. The van der Waals surface area contributed by atoms with E-state index in [1.807, 2.05) is 41.3 Å². The summed E-state index contributed by atoms with van der Waals surface area (Å²) in [5.74, 6) is -0.0437. The molecule has 8 nitrogen and oxygen atoms in total. The smallest absolute Gasteiger partial charge is 0.247 e. The van der Waals surface area contributed by atoms with Crippen molar-refractivity contribution in [1.82, 2.24) is 34.8 Å². The Morgan fingerprint density at radius 3 is 2.70 bits per heavy atom. The molecular formula is C19H17N7O. The first kappa shape index (κ1) is 15.7. The van der Waals surface area contributed by atoms with E-state index in [9.17, 15) is 4.79 Å². The summed E-state index contributed by atoms with van der Waals surface area (Å²) in [6.07, 6.45) is 5.94. The number of aromatic amines is 1. The van der Waals surface area contributed by atoms with Gasteiger partial charge < -0.3 is 9.88 Å². The molecule has 8 heteroatoms. The molecule has 1 N–H and O–H groups in total. The number of nitrogens with one attached hydrogen (secondary N) is 1. The maximum absolute atomic E-state index is 13.1. The number of fused-ring (bicyclic) bond motifs is 2. The summed E-state index contributed by atoms with van der Waals surface area (Å²) in [5, 5.41) is 8.81. The Labute approximate surface area is 154 Å². The van der Waals surface area contributed by atoms with Gasteiger partial charge in [-0.15, -0.1) is 0 Å². The molecule has 1 aliphatic heterocycles. The maximum atomic E-state index is 13.1. The number of carbonyl (C=O) groups is 1. The van der Waals surface area contributed by atoms with Crippen molar-refractivity contribution >= 4 is 16.9 Å². The van der Waals surface area contributed by atoms with Crippen LogP contribution in [-0.4, -0.2) is 47.3 Å². The standard InChI is InChI=1S/C19H17N7O/c27-17(11-26-23-14-5-1-2-6-15(14)24-26)25-9-7-16-18(22-12-21-16)19(25)13-4-3-8-20-10-13/h1-6,8,10,12,19H,7,9,11H2,(H,21,22). The van der Waals surface area contributed by atoms with E-state index in [4.69, 9.17) is 0 Å². The molecule has 3 aromatic heterocycles. The molecule has 1 amide bonds. The first-order valence-electron chi connectivity index (χ1n) is 8.81. The first-order chi connectivity index (χ1) is 13.3. The number of aromatic nitrogens is 6. The van der Waals surface area contributed by atoms with E-state index in [1.54, 1.807) is 18.7 Å². The van der Waals surface area contributed by atoms with Gasteiger partial charge in [0.1, 0.15) is 23.6 Å². The second-order valence-electron chi connectivity index (χ2n) is 6.51. The van der Waals surface area contributed by atoms with E-state index in [0.717, 1.165) is 34.4 Å². The van der Waals surface area contributed by atoms with Crippen LogP contribution in [-0.2, 0) is 17.8 Å². The third kappa shape index (κ3) is 2.75. The lowest BCUT2D eigenvalue weighted by Gasteiger charge is -2.35. The van der Waals surface area contributed by atoms with Gasteiger partial charge in [0.05, 0.1) is 12.0 Å². The van der Waals surface area contributed by atoms with Crippen LogP contribution in [0.1, 0.15) is 23.0 Å². The fraction of sp³-hybridized carbons (Fsp3) is 0.211. The molecule has 0 saturated carbocycles. The molecule has 1 unspecified atom stereocenters. The monoisotopic (exact) mass is 359 g/mol. The lowest BCUT2D eigenvalue weighted by Crippen LogP contribution is -2.42. The van der Waals surface area contributed by atoms with Crippen molar-refractivity contribution in [3.8, 4) is 0 Å². The van der Waals surface area contributed by atoms with Crippen molar-refractivity contribution < 1.29 is 4.79 Å². The Bertz CT molecular complexity index is 1070. The summed E-state index contributed by atoms with van der Waals surface area (Å²) in [6, 6.07) is 11.2. The number of benzene rings is 1. The molecule has 4 heterocycles. The van der Waals surface area contributed by atoms with Crippen molar-refractivity contribution in [3.63, 3.8) is 0 Å². The van der Waals surface area contributed by atoms with Crippen LogP contribution in [0.25, 0.3) is 11.0 Å². The van der Waals surface area contributed by atoms with Crippen LogP contribution >= 0.6 is 0 Å². The molecule has 0 radical (unpaired) electrons. The van der Waals surface area contributed by atoms with Crippen molar-refractivity contribution in [2.24, 2.45) is 0 Å². The molecule has 1 atom stereocenters. The van der Waals surface area contributed by atoms with Gasteiger partial charge in [0, 0.05) is 31.1 Å². The molecule has 4 aromatic rings. The van der Waals surface area contributed by atoms with E-state index in [-0.39, 0.29) is 18.5 Å². The van der Waals surface area contributed by atoms with Gasteiger partial charge in [0.2, 0.25) is 5.91 Å². The van der Waals surface area contributed by atoms with Crippen molar-refractivity contribution in [2.45, 2.75) is 19.0 Å². The van der Waals surface area contributed by atoms with Crippen LogP contribution < -0.4 is 0 Å². The van der Waals surface area contributed by atoms with Crippen LogP contribution in [0, 0.1) is 0 Å². The molecule has 0 aliphatic carbocycles. The highest BCUT2D eigenvalue weighted by Crippen LogP contribution is 2.33. The zero-order valence-electron chi connectivity index (χ0n) is 14.5. The molecule has 0 spiro atoms. The minimum atomic E-state index is -0.258. The Kier molecular flexibility index (Phi) is 3.67. The minimum absolute atomic E-state index is 0.0437. The van der Waals surface area contributed by atoms with Gasteiger partial charge in [-0.2, -0.15) is 15.0 Å². The van der Waals surface area contributed by atoms with Gasteiger partial charge in [-0.3, -0.25) is 9.78 Å². The molecule has 0 saturated heterocycles. The molecule has 0 fully saturated rings. The van der Waals surface area contributed by atoms with Gasteiger partial charge in [0.15, 0.2) is 0 Å².